The molecule has 5 heteroatoms. The first-order valence-electron chi connectivity index (χ1n) is 10.7. The lowest BCUT2D eigenvalue weighted by Gasteiger charge is -2.42. The van der Waals surface area contributed by atoms with E-state index in [1.807, 2.05) is 6.07 Å². The number of benzene rings is 1. The van der Waals surface area contributed by atoms with E-state index in [2.05, 4.69) is 27.8 Å². The first-order valence-corrected chi connectivity index (χ1v) is 12.6. The van der Waals surface area contributed by atoms with Gasteiger partial charge in [0, 0.05) is 12.6 Å². The second-order valence-electron chi connectivity index (χ2n) is 9.75. The maximum Gasteiger partial charge on any atom is 0.209 e. The van der Waals surface area contributed by atoms with Gasteiger partial charge in [0.05, 0.1) is 6.26 Å². The molecular formula is C22H32N2O2S. The second kappa shape index (κ2) is 6.57. The minimum atomic E-state index is -3.20. The summed E-state index contributed by atoms with van der Waals surface area (Å²) in [4.78, 5) is 2.70. The molecule has 4 atom stereocenters. The number of hydrogen-bond donors (Lipinski definition) is 1. The highest BCUT2D eigenvalue weighted by Gasteiger charge is 2.47. The van der Waals surface area contributed by atoms with Gasteiger partial charge in [0.15, 0.2) is 0 Å². The van der Waals surface area contributed by atoms with Gasteiger partial charge in [0.2, 0.25) is 10.0 Å². The largest absolute Gasteiger partial charge is 0.303 e. The highest BCUT2D eigenvalue weighted by atomic mass is 32.2. The number of fused-ring (bicyclic) bond motifs is 4. The van der Waals surface area contributed by atoms with Crippen molar-refractivity contribution in [3.05, 3.63) is 35.4 Å². The summed E-state index contributed by atoms with van der Waals surface area (Å²) in [5.74, 6) is 2.97. The van der Waals surface area contributed by atoms with E-state index >= 15 is 0 Å². The van der Waals surface area contributed by atoms with Crippen LogP contribution in [0, 0.1) is 17.8 Å². The molecule has 2 saturated carbocycles. The molecule has 1 heterocycles. The molecule has 1 aliphatic heterocycles. The molecule has 1 aromatic rings. The van der Waals surface area contributed by atoms with Gasteiger partial charge < -0.3 is 4.90 Å². The minimum Gasteiger partial charge on any atom is -0.303 e. The smallest absolute Gasteiger partial charge is 0.209 e. The van der Waals surface area contributed by atoms with E-state index in [-0.39, 0.29) is 11.5 Å². The maximum absolute atomic E-state index is 11.9. The summed E-state index contributed by atoms with van der Waals surface area (Å²) >= 11 is 0. The van der Waals surface area contributed by atoms with E-state index in [1.165, 1.54) is 49.6 Å². The van der Waals surface area contributed by atoms with Crippen molar-refractivity contribution in [2.24, 2.45) is 17.8 Å². The monoisotopic (exact) mass is 388 g/mol. The molecule has 0 aromatic heterocycles. The van der Waals surface area contributed by atoms with Gasteiger partial charge in [-0.1, -0.05) is 30.7 Å². The molecule has 1 saturated heterocycles. The van der Waals surface area contributed by atoms with Crippen molar-refractivity contribution in [1.82, 2.24) is 9.62 Å². The zero-order chi connectivity index (χ0) is 18.6. The van der Waals surface area contributed by atoms with Gasteiger partial charge in [-0.25, -0.2) is 13.1 Å². The minimum absolute atomic E-state index is 0.0617. The quantitative estimate of drug-likeness (QED) is 0.859. The average Bonchev–Trinajstić information content (AvgIpc) is 3.31. The normalized spacial score (nSPS) is 35.0. The fourth-order valence-electron chi connectivity index (χ4n) is 6.83. The van der Waals surface area contributed by atoms with Gasteiger partial charge >= 0.3 is 0 Å². The topological polar surface area (TPSA) is 49.4 Å². The lowest BCUT2D eigenvalue weighted by molar-refractivity contribution is 0.120. The molecule has 1 spiro atoms. The fourth-order valence-corrected chi connectivity index (χ4v) is 7.55. The first-order chi connectivity index (χ1) is 12.9. The molecule has 0 radical (unpaired) electrons. The summed E-state index contributed by atoms with van der Waals surface area (Å²) in [6.07, 6.45) is 10.4. The fraction of sp³-hybridized carbons (Fsp3) is 0.727. The molecule has 5 rings (SSSR count). The lowest BCUT2D eigenvalue weighted by atomic mass is 9.73. The summed E-state index contributed by atoms with van der Waals surface area (Å²) in [6.45, 7) is 3.62. The third-order valence-electron chi connectivity index (χ3n) is 8.05. The van der Waals surface area contributed by atoms with Crippen molar-refractivity contribution < 1.29 is 8.42 Å². The van der Waals surface area contributed by atoms with E-state index < -0.39 is 10.0 Å². The number of sulfonamides is 1. The van der Waals surface area contributed by atoms with Crippen LogP contribution in [0.5, 0.6) is 0 Å². The first kappa shape index (κ1) is 18.1. The molecule has 1 N–H and O–H groups in total. The molecule has 3 fully saturated rings. The Morgan fingerprint density at radius 3 is 2.59 bits per heavy atom. The number of nitrogens with one attached hydrogen (secondary N) is 1. The Kier molecular flexibility index (Phi) is 4.41. The highest BCUT2D eigenvalue weighted by molar-refractivity contribution is 7.88. The summed E-state index contributed by atoms with van der Waals surface area (Å²) in [7, 11) is -3.20. The van der Waals surface area contributed by atoms with E-state index in [0.29, 0.717) is 0 Å². The molecule has 3 aliphatic carbocycles. The number of likely N-dealkylation sites (tertiary alicyclic amines) is 1. The van der Waals surface area contributed by atoms with Crippen LogP contribution in [0.25, 0.3) is 0 Å². The van der Waals surface area contributed by atoms with Crippen LogP contribution in [0.2, 0.25) is 0 Å². The van der Waals surface area contributed by atoms with Crippen molar-refractivity contribution in [2.75, 3.05) is 25.9 Å². The second-order valence-corrected chi connectivity index (χ2v) is 11.5. The van der Waals surface area contributed by atoms with Crippen LogP contribution in [0.4, 0.5) is 0 Å². The Morgan fingerprint density at radius 1 is 1.15 bits per heavy atom. The molecule has 0 amide bonds. The van der Waals surface area contributed by atoms with E-state index in [1.54, 1.807) is 0 Å². The van der Waals surface area contributed by atoms with Gasteiger partial charge in [-0.05, 0) is 85.9 Å². The predicted octanol–water partition coefficient (Wildman–Crippen LogP) is 3.45. The molecule has 1 aromatic carbocycles. The number of hydrogen-bond acceptors (Lipinski definition) is 3. The molecule has 0 unspecified atom stereocenters. The van der Waals surface area contributed by atoms with Crippen LogP contribution in [0.3, 0.4) is 0 Å². The SMILES string of the molecule is CS(=O)(=O)N[C@@H]1CC2(CCN(C[C@H]3C[C@H]4CC[C@H]3C4)CC2)c2ccccc21. The lowest BCUT2D eigenvalue weighted by Crippen LogP contribution is -2.44. The molecule has 4 nitrogen and oxygen atoms in total. The van der Waals surface area contributed by atoms with Crippen molar-refractivity contribution in [3.8, 4) is 0 Å². The Morgan fingerprint density at radius 2 is 1.93 bits per heavy atom. The molecule has 148 valence electrons. The van der Waals surface area contributed by atoms with Crippen LogP contribution < -0.4 is 4.72 Å². The van der Waals surface area contributed by atoms with Gasteiger partial charge in [-0.2, -0.15) is 0 Å². The third-order valence-corrected chi connectivity index (χ3v) is 8.76. The number of rotatable bonds is 4. The number of nitrogens with zero attached hydrogens (tertiary/aromatic N) is 1. The van der Waals surface area contributed by atoms with Gasteiger partial charge in [0.1, 0.15) is 0 Å². The van der Waals surface area contributed by atoms with Gasteiger partial charge in [0.25, 0.3) is 0 Å². The highest BCUT2D eigenvalue weighted by Crippen LogP contribution is 2.52. The van der Waals surface area contributed by atoms with Crippen molar-refractivity contribution >= 4 is 10.0 Å². The Hall–Kier alpha value is -0.910. The summed E-state index contributed by atoms with van der Waals surface area (Å²) in [5, 5.41) is 0. The Balaban J connectivity index is 1.29. The van der Waals surface area contributed by atoms with Gasteiger partial charge in [-0.3, -0.25) is 0 Å². The van der Waals surface area contributed by atoms with Crippen LogP contribution in [0.15, 0.2) is 24.3 Å². The van der Waals surface area contributed by atoms with Crippen molar-refractivity contribution in [3.63, 3.8) is 0 Å². The van der Waals surface area contributed by atoms with Crippen molar-refractivity contribution in [2.45, 2.75) is 56.4 Å². The number of piperidine rings is 1. The van der Waals surface area contributed by atoms with Gasteiger partial charge in [-0.15, -0.1) is 0 Å². The standard InChI is InChI=1S/C22H32N2O2S/c1-27(25,26)23-21-14-22(20-5-3-2-4-19(20)21)8-10-24(11-9-22)15-18-13-16-6-7-17(18)12-16/h2-5,16-18,21,23H,6-15H2,1H3/t16-,17-,18+,21+/m0/s1. The van der Waals surface area contributed by atoms with Crippen LogP contribution in [-0.4, -0.2) is 39.2 Å². The predicted molar refractivity (Wildman–Crippen MR) is 108 cm³/mol. The molecular weight excluding hydrogens is 356 g/mol. The van der Waals surface area contributed by atoms with Crippen LogP contribution >= 0.6 is 0 Å². The Bertz CT molecular complexity index is 813. The Labute approximate surface area is 163 Å². The third kappa shape index (κ3) is 3.36. The van der Waals surface area contributed by atoms with E-state index in [4.69, 9.17) is 0 Å². The summed E-state index contributed by atoms with van der Waals surface area (Å²) in [6, 6.07) is 8.46. The van der Waals surface area contributed by atoms with E-state index in [0.717, 1.165) is 50.1 Å². The summed E-state index contributed by atoms with van der Waals surface area (Å²) < 4.78 is 26.6. The van der Waals surface area contributed by atoms with Crippen molar-refractivity contribution in [1.29, 1.82) is 0 Å². The zero-order valence-corrected chi connectivity index (χ0v) is 17.2. The summed E-state index contributed by atoms with van der Waals surface area (Å²) in [5.41, 5.74) is 2.75. The maximum atomic E-state index is 11.9. The average molecular weight is 389 g/mol. The molecule has 27 heavy (non-hydrogen) atoms. The molecule has 4 aliphatic rings. The van der Waals surface area contributed by atoms with Crippen LogP contribution in [0.1, 0.15) is 62.1 Å². The van der Waals surface area contributed by atoms with Crippen LogP contribution in [-0.2, 0) is 15.4 Å². The molecule has 2 bridgehead atoms. The zero-order valence-electron chi connectivity index (χ0n) is 16.4. The van der Waals surface area contributed by atoms with E-state index in [9.17, 15) is 8.42 Å².